The van der Waals surface area contributed by atoms with Gasteiger partial charge in [-0.1, -0.05) is 20.3 Å². The first-order valence-electron chi connectivity index (χ1n) is 5.45. The largest absolute Gasteiger partial charge is 0.315 e. The third kappa shape index (κ3) is 7.03. The van der Waals surface area contributed by atoms with Gasteiger partial charge in [-0.2, -0.15) is 0 Å². The van der Waals surface area contributed by atoms with Gasteiger partial charge in [0.05, 0.1) is 0 Å². The van der Waals surface area contributed by atoms with E-state index in [9.17, 15) is 0 Å². The highest BCUT2D eigenvalue weighted by Gasteiger charge is 2.04. The molecule has 0 aliphatic heterocycles. The van der Waals surface area contributed by atoms with E-state index >= 15 is 0 Å². The summed E-state index contributed by atoms with van der Waals surface area (Å²) in [6.07, 6.45) is 2.63. The van der Waals surface area contributed by atoms with E-state index in [0.717, 1.165) is 19.0 Å². The molecule has 13 heavy (non-hydrogen) atoms. The fourth-order valence-corrected chi connectivity index (χ4v) is 1.32. The van der Waals surface area contributed by atoms with E-state index < -0.39 is 0 Å². The van der Waals surface area contributed by atoms with Gasteiger partial charge in [-0.3, -0.25) is 0 Å². The number of hydrogen-bond donors (Lipinski definition) is 1. The maximum Gasteiger partial charge on any atom is 0.0186 e. The molecule has 0 amide bonds. The molecule has 2 heteroatoms. The molecule has 0 aromatic carbocycles. The Kier molecular flexibility index (Phi) is 7.29. The lowest BCUT2D eigenvalue weighted by molar-refractivity contribution is 0.297. The molecule has 0 aromatic heterocycles. The summed E-state index contributed by atoms with van der Waals surface area (Å²) in [6, 6.07) is 0.633. The molecular formula is C11H26N2. The number of nitrogens with one attached hydrogen (secondary N) is 1. The average molecular weight is 186 g/mol. The summed E-state index contributed by atoms with van der Waals surface area (Å²) >= 11 is 0. The Morgan fingerprint density at radius 3 is 2.23 bits per heavy atom. The minimum atomic E-state index is 0.633. The Bertz CT molecular complexity index is 113. The smallest absolute Gasteiger partial charge is 0.0186 e. The van der Waals surface area contributed by atoms with Crippen molar-refractivity contribution in [2.75, 3.05) is 27.2 Å². The van der Waals surface area contributed by atoms with Crippen LogP contribution in [0, 0.1) is 5.92 Å². The quantitative estimate of drug-likeness (QED) is 0.654. The monoisotopic (exact) mass is 186 g/mol. The highest BCUT2D eigenvalue weighted by atomic mass is 15.1. The van der Waals surface area contributed by atoms with Crippen LogP contribution in [-0.2, 0) is 0 Å². The second kappa shape index (κ2) is 7.34. The fraction of sp³-hybridized carbons (Fsp3) is 1.00. The van der Waals surface area contributed by atoms with Crippen molar-refractivity contribution in [1.29, 1.82) is 0 Å². The zero-order valence-corrected chi connectivity index (χ0v) is 9.93. The van der Waals surface area contributed by atoms with Gasteiger partial charge in [-0.15, -0.1) is 0 Å². The molecule has 2 unspecified atom stereocenters. The third-order valence-electron chi connectivity index (χ3n) is 2.60. The van der Waals surface area contributed by atoms with Crippen molar-refractivity contribution in [3.63, 3.8) is 0 Å². The van der Waals surface area contributed by atoms with E-state index in [4.69, 9.17) is 0 Å². The van der Waals surface area contributed by atoms with Gasteiger partial charge in [0, 0.05) is 12.6 Å². The summed E-state index contributed by atoms with van der Waals surface area (Å²) in [5, 5.41) is 3.51. The lowest BCUT2D eigenvalue weighted by Crippen LogP contribution is -2.37. The normalized spacial score (nSPS) is 16.2. The molecule has 0 saturated carbocycles. The molecule has 1 N–H and O–H groups in total. The average Bonchev–Trinajstić information content (AvgIpc) is 2.04. The van der Waals surface area contributed by atoms with Crippen molar-refractivity contribution in [1.82, 2.24) is 10.2 Å². The Balaban J connectivity index is 3.33. The number of hydrogen-bond acceptors (Lipinski definition) is 2. The highest BCUT2D eigenvalue weighted by molar-refractivity contribution is 4.64. The number of likely N-dealkylation sites (N-methyl/N-ethyl adjacent to an activating group) is 1. The predicted octanol–water partition coefficient (Wildman–Crippen LogP) is 1.96. The third-order valence-corrected chi connectivity index (χ3v) is 2.60. The van der Waals surface area contributed by atoms with Crippen molar-refractivity contribution in [3.05, 3.63) is 0 Å². The minimum absolute atomic E-state index is 0.633. The van der Waals surface area contributed by atoms with E-state index in [1.165, 1.54) is 12.8 Å². The summed E-state index contributed by atoms with van der Waals surface area (Å²) in [5.41, 5.74) is 0. The van der Waals surface area contributed by atoms with Gasteiger partial charge >= 0.3 is 0 Å². The lowest BCUT2D eigenvalue weighted by Gasteiger charge is -2.21. The first kappa shape index (κ1) is 12.9. The van der Waals surface area contributed by atoms with Crippen LogP contribution in [0.25, 0.3) is 0 Å². The van der Waals surface area contributed by atoms with Gasteiger partial charge in [-0.25, -0.2) is 0 Å². The zero-order valence-electron chi connectivity index (χ0n) is 9.93. The Morgan fingerprint density at radius 2 is 1.77 bits per heavy atom. The molecule has 0 radical (unpaired) electrons. The summed E-state index contributed by atoms with van der Waals surface area (Å²) < 4.78 is 0. The Morgan fingerprint density at radius 1 is 1.15 bits per heavy atom. The molecule has 0 aliphatic carbocycles. The Hall–Kier alpha value is -0.0800. The topological polar surface area (TPSA) is 15.3 Å². The molecule has 0 rings (SSSR count). The van der Waals surface area contributed by atoms with Crippen molar-refractivity contribution >= 4 is 0 Å². The summed E-state index contributed by atoms with van der Waals surface area (Å²) in [7, 11) is 4.25. The first-order chi connectivity index (χ1) is 6.07. The fourth-order valence-electron chi connectivity index (χ4n) is 1.32. The molecule has 2 nitrogen and oxygen atoms in total. The van der Waals surface area contributed by atoms with Crippen molar-refractivity contribution in [2.24, 2.45) is 5.92 Å². The molecular weight excluding hydrogens is 160 g/mol. The van der Waals surface area contributed by atoms with Crippen LogP contribution in [0.15, 0.2) is 0 Å². The molecule has 0 bridgehead atoms. The van der Waals surface area contributed by atoms with Gasteiger partial charge in [0.2, 0.25) is 0 Å². The zero-order chi connectivity index (χ0) is 10.3. The van der Waals surface area contributed by atoms with Crippen molar-refractivity contribution in [3.8, 4) is 0 Å². The van der Waals surface area contributed by atoms with Crippen LogP contribution in [0.3, 0.4) is 0 Å². The molecule has 0 aromatic rings. The van der Waals surface area contributed by atoms with Crippen LogP contribution in [0.4, 0.5) is 0 Å². The minimum Gasteiger partial charge on any atom is -0.315 e. The van der Waals surface area contributed by atoms with Crippen LogP contribution < -0.4 is 5.32 Å². The lowest BCUT2D eigenvalue weighted by atomic mass is 10.1. The van der Waals surface area contributed by atoms with Gasteiger partial charge in [-0.05, 0) is 39.9 Å². The second-order valence-electron chi connectivity index (χ2n) is 4.36. The molecule has 0 heterocycles. The van der Waals surface area contributed by atoms with Crippen molar-refractivity contribution < 1.29 is 0 Å². The summed E-state index contributed by atoms with van der Waals surface area (Å²) in [5.74, 6) is 0.819. The van der Waals surface area contributed by atoms with Crippen molar-refractivity contribution in [2.45, 2.75) is 39.7 Å². The standard InChI is InChI=1S/C11H26N2/c1-6-7-10(2)8-12-9-11(3)13(4)5/h10-12H,6-9H2,1-5H3. The summed E-state index contributed by atoms with van der Waals surface area (Å²) in [6.45, 7) is 9.07. The maximum absolute atomic E-state index is 3.51. The summed E-state index contributed by atoms with van der Waals surface area (Å²) in [4.78, 5) is 2.25. The molecule has 0 spiro atoms. The van der Waals surface area contributed by atoms with Crippen LogP contribution >= 0.6 is 0 Å². The van der Waals surface area contributed by atoms with Gasteiger partial charge in [0.25, 0.3) is 0 Å². The van der Waals surface area contributed by atoms with Crippen LogP contribution in [0.5, 0.6) is 0 Å². The molecule has 80 valence electrons. The van der Waals surface area contributed by atoms with Gasteiger partial charge < -0.3 is 10.2 Å². The molecule has 0 saturated heterocycles. The second-order valence-corrected chi connectivity index (χ2v) is 4.36. The first-order valence-corrected chi connectivity index (χ1v) is 5.45. The van der Waals surface area contributed by atoms with Gasteiger partial charge in [0.1, 0.15) is 0 Å². The van der Waals surface area contributed by atoms with Crippen LogP contribution in [-0.4, -0.2) is 38.1 Å². The van der Waals surface area contributed by atoms with E-state index in [1.54, 1.807) is 0 Å². The van der Waals surface area contributed by atoms with E-state index in [1.807, 2.05) is 0 Å². The molecule has 2 atom stereocenters. The highest BCUT2D eigenvalue weighted by Crippen LogP contribution is 2.02. The van der Waals surface area contributed by atoms with E-state index in [2.05, 4.69) is 45.1 Å². The van der Waals surface area contributed by atoms with E-state index in [-0.39, 0.29) is 0 Å². The molecule has 0 fully saturated rings. The number of nitrogens with zero attached hydrogens (tertiary/aromatic N) is 1. The Labute approximate surface area is 83.7 Å². The molecule has 0 aliphatic rings. The van der Waals surface area contributed by atoms with E-state index in [0.29, 0.717) is 6.04 Å². The SMILES string of the molecule is CCCC(C)CNCC(C)N(C)C. The van der Waals surface area contributed by atoms with Crippen LogP contribution in [0.1, 0.15) is 33.6 Å². The van der Waals surface area contributed by atoms with Gasteiger partial charge in [0.15, 0.2) is 0 Å². The van der Waals surface area contributed by atoms with Crippen LogP contribution in [0.2, 0.25) is 0 Å². The maximum atomic E-state index is 3.51. The predicted molar refractivity (Wildman–Crippen MR) is 60.1 cm³/mol. The number of rotatable bonds is 7.